The molecule has 5 heteroatoms. The Balaban J connectivity index is 2.24. The lowest BCUT2D eigenvalue weighted by Crippen LogP contribution is -2.45. The number of aliphatic carboxylic acids is 1. The molecule has 3 unspecified atom stereocenters. The summed E-state index contributed by atoms with van der Waals surface area (Å²) in [6.45, 7) is 4.09. The number of hydrogen-bond acceptors (Lipinski definition) is 2. The van der Waals surface area contributed by atoms with Gasteiger partial charge in [-0.1, -0.05) is 19.8 Å². The van der Waals surface area contributed by atoms with Gasteiger partial charge in [-0.3, -0.25) is 4.79 Å². The fourth-order valence-corrected chi connectivity index (χ4v) is 2.49. The normalized spacial score (nSPS) is 25.2. The molecule has 2 amide bonds. The number of nitrogens with one attached hydrogen (secondary N) is 2. The maximum absolute atomic E-state index is 11.8. The van der Waals surface area contributed by atoms with Crippen LogP contribution in [0.15, 0.2) is 0 Å². The van der Waals surface area contributed by atoms with Crippen molar-refractivity contribution in [2.24, 2.45) is 5.92 Å². The first kappa shape index (κ1) is 15.8. The topological polar surface area (TPSA) is 78.4 Å². The van der Waals surface area contributed by atoms with E-state index in [-0.39, 0.29) is 24.5 Å². The van der Waals surface area contributed by atoms with Gasteiger partial charge < -0.3 is 15.7 Å². The van der Waals surface area contributed by atoms with Gasteiger partial charge in [0.2, 0.25) is 0 Å². The first-order valence-electron chi connectivity index (χ1n) is 7.26. The highest BCUT2D eigenvalue weighted by Crippen LogP contribution is 2.22. The van der Waals surface area contributed by atoms with Crippen molar-refractivity contribution in [1.29, 1.82) is 0 Å². The third-order valence-corrected chi connectivity index (χ3v) is 3.76. The molecule has 3 N–H and O–H groups in total. The van der Waals surface area contributed by atoms with Crippen LogP contribution >= 0.6 is 0 Å². The summed E-state index contributed by atoms with van der Waals surface area (Å²) in [6, 6.07) is -0.0186. The molecule has 1 rings (SSSR count). The molecule has 0 radical (unpaired) electrons. The molecular weight excluding hydrogens is 244 g/mol. The maximum Gasteiger partial charge on any atom is 0.315 e. The zero-order valence-electron chi connectivity index (χ0n) is 11.9. The van der Waals surface area contributed by atoms with Gasteiger partial charge in [0.05, 0.1) is 0 Å². The zero-order valence-corrected chi connectivity index (χ0v) is 11.9. The lowest BCUT2D eigenvalue weighted by atomic mass is 10.0. The lowest BCUT2D eigenvalue weighted by molar-refractivity contribution is -0.137. The first-order valence-corrected chi connectivity index (χ1v) is 7.26. The number of rotatable bonds is 5. The van der Waals surface area contributed by atoms with Crippen LogP contribution in [-0.4, -0.2) is 29.2 Å². The van der Waals surface area contributed by atoms with Crippen LogP contribution in [0, 0.1) is 5.92 Å². The van der Waals surface area contributed by atoms with Gasteiger partial charge in [-0.2, -0.15) is 0 Å². The van der Waals surface area contributed by atoms with Crippen molar-refractivity contribution in [2.75, 3.05) is 0 Å². The Labute approximate surface area is 115 Å². The van der Waals surface area contributed by atoms with Crippen LogP contribution in [0.1, 0.15) is 58.8 Å². The van der Waals surface area contributed by atoms with E-state index in [1.54, 1.807) is 0 Å². The summed E-state index contributed by atoms with van der Waals surface area (Å²) >= 11 is 0. The molecular formula is C14H26N2O3. The predicted octanol–water partition coefficient (Wildman–Crippen LogP) is 2.51. The molecule has 0 spiro atoms. The van der Waals surface area contributed by atoms with Crippen LogP contribution in [0.4, 0.5) is 4.79 Å². The molecule has 19 heavy (non-hydrogen) atoms. The molecule has 3 atom stereocenters. The smallest absolute Gasteiger partial charge is 0.315 e. The predicted molar refractivity (Wildman–Crippen MR) is 74.0 cm³/mol. The van der Waals surface area contributed by atoms with Crippen molar-refractivity contribution in [3.05, 3.63) is 0 Å². The van der Waals surface area contributed by atoms with E-state index < -0.39 is 5.97 Å². The van der Waals surface area contributed by atoms with E-state index in [1.807, 2.05) is 6.92 Å². The van der Waals surface area contributed by atoms with Crippen molar-refractivity contribution in [3.8, 4) is 0 Å². The van der Waals surface area contributed by atoms with E-state index in [0.29, 0.717) is 6.42 Å². The van der Waals surface area contributed by atoms with Gasteiger partial charge in [0.1, 0.15) is 0 Å². The summed E-state index contributed by atoms with van der Waals surface area (Å²) in [5.74, 6) is -0.0730. The number of urea groups is 1. The summed E-state index contributed by atoms with van der Waals surface area (Å²) in [6.07, 6.45) is 6.21. The summed E-state index contributed by atoms with van der Waals surface area (Å²) < 4.78 is 0. The van der Waals surface area contributed by atoms with E-state index in [4.69, 9.17) is 5.11 Å². The highest BCUT2D eigenvalue weighted by molar-refractivity contribution is 5.74. The van der Waals surface area contributed by atoms with Gasteiger partial charge in [0, 0.05) is 18.5 Å². The molecule has 0 aromatic rings. The van der Waals surface area contributed by atoms with Crippen molar-refractivity contribution >= 4 is 12.0 Å². The number of carboxylic acids is 1. The van der Waals surface area contributed by atoms with E-state index in [1.165, 1.54) is 19.3 Å². The first-order chi connectivity index (χ1) is 8.97. The largest absolute Gasteiger partial charge is 0.481 e. The molecule has 1 aliphatic carbocycles. The van der Waals surface area contributed by atoms with Crippen molar-refractivity contribution < 1.29 is 14.7 Å². The Morgan fingerprint density at radius 1 is 1.26 bits per heavy atom. The number of amides is 2. The SMILES string of the molecule is CC1CCCC(NC(=O)NC(C)CCC(=O)O)CC1. The minimum atomic E-state index is -0.827. The Hall–Kier alpha value is -1.26. The van der Waals surface area contributed by atoms with E-state index in [2.05, 4.69) is 17.6 Å². The van der Waals surface area contributed by atoms with Gasteiger partial charge in [0.15, 0.2) is 0 Å². The summed E-state index contributed by atoms with van der Waals surface area (Å²) in [5.41, 5.74) is 0. The zero-order chi connectivity index (χ0) is 14.3. The number of carbonyl (C=O) groups excluding carboxylic acids is 1. The van der Waals surface area contributed by atoms with Gasteiger partial charge in [0.25, 0.3) is 0 Å². The van der Waals surface area contributed by atoms with Gasteiger partial charge >= 0.3 is 12.0 Å². The third-order valence-electron chi connectivity index (χ3n) is 3.76. The van der Waals surface area contributed by atoms with E-state index in [0.717, 1.165) is 18.8 Å². The second-order valence-electron chi connectivity index (χ2n) is 5.76. The highest BCUT2D eigenvalue weighted by Gasteiger charge is 2.18. The van der Waals surface area contributed by atoms with E-state index in [9.17, 15) is 9.59 Å². The van der Waals surface area contributed by atoms with Crippen molar-refractivity contribution in [2.45, 2.75) is 70.9 Å². The average molecular weight is 270 g/mol. The molecule has 1 aliphatic rings. The fourth-order valence-electron chi connectivity index (χ4n) is 2.49. The minimum Gasteiger partial charge on any atom is -0.481 e. The maximum atomic E-state index is 11.8. The molecule has 1 fully saturated rings. The van der Waals surface area contributed by atoms with Crippen LogP contribution in [0.25, 0.3) is 0 Å². The fraction of sp³-hybridized carbons (Fsp3) is 0.857. The molecule has 0 aromatic carbocycles. The van der Waals surface area contributed by atoms with Gasteiger partial charge in [-0.15, -0.1) is 0 Å². The molecule has 110 valence electrons. The molecule has 0 saturated heterocycles. The average Bonchev–Trinajstić information content (AvgIpc) is 2.52. The van der Waals surface area contributed by atoms with Gasteiger partial charge in [-0.05, 0) is 38.5 Å². The van der Waals surface area contributed by atoms with Crippen LogP contribution in [0.3, 0.4) is 0 Å². The molecule has 0 heterocycles. The monoisotopic (exact) mass is 270 g/mol. The quantitative estimate of drug-likeness (QED) is 0.672. The van der Waals surface area contributed by atoms with Crippen LogP contribution in [-0.2, 0) is 4.79 Å². The number of hydrogen-bond donors (Lipinski definition) is 3. The molecule has 5 nitrogen and oxygen atoms in total. The Morgan fingerprint density at radius 2 is 2.00 bits per heavy atom. The third kappa shape index (κ3) is 7.03. The van der Waals surface area contributed by atoms with Crippen molar-refractivity contribution in [1.82, 2.24) is 10.6 Å². The van der Waals surface area contributed by atoms with Crippen LogP contribution < -0.4 is 10.6 Å². The molecule has 0 aliphatic heterocycles. The van der Waals surface area contributed by atoms with Crippen molar-refractivity contribution in [3.63, 3.8) is 0 Å². The summed E-state index contributed by atoms with van der Waals surface area (Å²) in [4.78, 5) is 22.2. The Kier molecular flexibility index (Phi) is 6.67. The lowest BCUT2D eigenvalue weighted by Gasteiger charge is -2.19. The van der Waals surface area contributed by atoms with Gasteiger partial charge in [-0.25, -0.2) is 4.79 Å². The number of carboxylic acid groups (broad SMARTS) is 1. The van der Waals surface area contributed by atoms with E-state index >= 15 is 0 Å². The van der Waals surface area contributed by atoms with Crippen LogP contribution in [0.5, 0.6) is 0 Å². The summed E-state index contributed by atoms with van der Waals surface area (Å²) in [7, 11) is 0. The second kappa shape index (κ2) is 8.02. The molecule has 0 aromatic heterocycles. The number of carbonyl (C=O) groups is 2. The van der Waals surface area contributed by atoms with Crippen LogP contribution in [0.2, 0.25) is 0 Å². The Bertz CT molecular complexity index is 307. The Morgan fingerprint density at radius 3 is 2.68 bits per heavy atom. The highest BCUT2D eigenvalue weighted by atomic mass is 16.4. The second-order valence-corrected chi connectivity index (χ2v) is 5.76. The minimum absolute atomic E-state index is 0.0857. The summed E-state index contributed by atoms with van der Waals surface area (Å²) in [5, 5.41) is 14.4. The molecule has 0 bridgehead atoms. The standard InChI is InChI=1S/C14H26N2O3/c1-10-4-3-5-12(8-6-10)16-14(19)15-11(2)7-9-13(17)18/h10-12H,3-9H2,1-2H3,(H,17,18)(H2,15,16,19). The molecule has 1 saturated carbocycles.